The minimum atomic E-state index is -0.553. The molecule has 9 heteroatoms. The lowest BCUT2D eigenvalue weighted by atomic mass is 9.94. The van der Waals surface area contributed by atoms with Crippen LogP contribution in [-0.2, 0) is 16.0 Å². The van der Waals surface area contributed by atoms with Crippen molar-refractivity contribution in [1.29, 1.82) is 0 Å². The number of methoxy groups -OCH3 is 1. The molecule has 2 aromatic carbocycles. The molecule has 166 valence electrons. The van der Waals surface area contributed by atoms with Crippen LogP contribution in [0.25, 0.3) is 0 Å². The van der Waals surface area contributed by atoms with E-state index in [1.54, 1.807) is 43.5 Å². The fourth-order valence-corrected chi connectivity index (χ4v) is 3.68. The maximum atomic E-state index is 14.3. The molecule has 1 unspecified atom stereocenters. The smallest absolute Gasteiger partial charge is 0.292 e. The molecular weight excluding hydrogens is 415 g/mol. The van der Waals surface area contributed by atoms with Crippen LogP contribution in [0.1, 0.15) is 18.4 Å². The maximum Gasteiger partial charge on any atom is 0.292 e. The summed E-state index contributed by atoms with van der Waals surface area (Å²) in [4.78, 5) is 24.2. The molecule has 1 atom stereocenters. The molecular formula is C23H23FN4O4. The van der Waals surface area contributed by atoms with E-state index in [9.17, 15) is 14.0 Å². The number of ether oxygens (including phenoxy) is 2. The molecule has 0 bridgehead atoms. The first kappa shape index (κ1) is 21.5. The molecule has 0 radical (unpaired) electrons. The van der Waals surface area contributed by atoms with Gasteiger partial charge in [-0.15, -0.1) is 5.11 Å². The number of azo groups is 1. The highest BCUT2D eigenvalue weighted by molar-refractivity contribution is 5.95. The van der Waals surface area contributed by atoms with E-state index in [0.29, 0.717) is 29.9 Å². The van der Waals surface area contributed by atoms with Crippen molar-refractivity contribution in [3.63, 3.8) is 0 Å². The standard InChI is InChI=1S/C23H23FN4O4/c1-31-15-5-7-16(8-6-15)32-13-21(29)26-19-11-14(4-9-18(19)24)12-20-22-17(3-2-10-25-22)23(30)28-27-20/h4-9,11,20,25H,2-3,10,12-13H2,1H3,(H,26,29). The molecule has 2 aromatic rings. The summed E-state index contributed by atoms with van der Waals surface area (Å²) in [6.07, 6.45) is 1.97. The Morgan fingerprint density at radius 3 is 2.78 bits per heavy atom. The first-order valence-electron chi connectivity index (χ1n) is 10.3. The summed E-state index contributed by atoms with van der Waals surface area (Å²) < 4.78 is 24.8. The lowest BCUT2D eigenvalue weighted by molar-refractivity contribution is -0.118. The summed E-state index contributed by atoms with van der Waals surface area (Å²) in [5.41, 5.74) is 2.28. The largest absolute Gasteiger partial charge is 0.497 e. The second kappa shape index (κ2) is 9.59. The van der Waals surface area contributed by atoms with Crippen molar-refractivity contribution in [2.75, 3.05) is 25.6 Å². The maximum absolute atomic E-state index is 14.3. The number of rotatable bonds is 7. The number of carbonyl (C=O) groups is 2. The minimum absolute atomic E-state index is 0.0560. The highest BCUT2D eigenvalue weighted by Crippen LogP contribution is 2.27. The predicted molar refractivity (Wildman–Crippen MR) is 115 cm³/mol. The van der Waals surface area contributed by atoms with Crippen LogP contribution in [0, 0.1) is 5.82 Å². The fraction of sp³-hybridized carbons (Fsp3) is 0.304. The molecule has 2 heterocycles. The van der Waals surface area contributed by atoms with Crippen molar-refractivity contribution in [2.24, 2.45) is 10.2 Å². The molecule has 32 heavy (non-hydrogen) atoms. The number of amides is 2. The molecule has 8 nitrogen and oxygen atoms in total. The minimum Gasteiger partial charge on any atom is -0.497 e. The third kappa shape index (κ3) is 4.93. The van der Waals surface area contributed by atoms with Crippen molar-refractivity contribution in [3.8, 4) is 11.5 Å². The molecule has 2 aliphatic rings. The van der Waals surface area contributed by atoms with Crippen LogP contribution >= 0.6 is 0 Å². The average Bonchev–Trinajstić information content (AvgIpc) is 2.82. The first-order valence-corrected chi connectivity index (χ1v) is 10.3. The van der Waals surface area contributed by atoms with Gasteiger partial charge in [0.05, 0.1) is 12.8 Å². The van der Waals surface area contributed by atoms with Crippen LogP contribution in [0.15, 0.2) is 64.0 Å². The van der Waals surface area contributed by atoms with Crippen molar-refractivity contribution >= 4 is 17.5 Å². The van der Waals surface area contributed by atoms with Crippen molar-refractivity contribution < 1.29 is 23.5 Å². The first-order chi connectivity index (χ1) is 15.5. The summed E-state index contributed by atoms with van der Waals surface area (Å²) in [5.74, 6) is -0.167. The number of nitrogens with zero attached hydrogens (tertiary/aromatic N) is 2. The number of hydrogen-bond acceptors (Lipinski definition) is 6. The van der Waals surface area contributed by atoms with E-state index in [1.807, 2.05) is 0 Å². The molecule has 2 amide bonds. The van der Waals surface area contributed by atoms with Gasteiger partial charge in [-0.05, 0) is 54.8 Å². The zero-order valence-corrected chi connectivity index (χ0v) is 17.6. The van der Waals surface area contributed by atoms with E-state index in [1.165, 1.54) is 6.07 Å². The van der Waals surface area contributed by atoms with Gasteiger partial charge in [0, 0.05) is 24.2 Å². The average molecular weight is 438 g/mol. The normalized spacial score (nSPS) is 17.4. The third-order valence-corrected chi connectivity index (χ3v) is 5.29. The summed E-state index contributed by atoms with van der Waals surface area (Å²) in [5, 5.41) is 13.7. The Morgan fingerprint density at radius 2 is 2.00 bits per heavy atom. The van der Waals surface area contributed by atoms with Gasteiger partial charge in [0.15, 0.2) is 6.61 Å². The van der Waals surface area contributed by atoms with E-state index in [0.717, 1.165) is 24.2 Å². The van der Waals surface area contributed by atoms with Gasteiger partial charge < -0.3 is 20.1 Å². The van der Waals surface area contributed by atoms with Crippen LogP contribution in [-0.4, -0.2) is 38.1 Å². The van der Waals surface area contributed by atoms with Crippen molar-refractivity contribution in [3.05, 3.63) is 65.1 Å². The SMILES string of the molecule is COc1ccc(OCC(=O)Nc2cc(CC3N=NC(=O)C4=C3NCCC4)ccc2F)cc1. The quantitative estimate of drug-likeness (QED) is 0.690. The third-order valence-electron chi connectivity index (χ3n) is 5.29. The molecule has 0 aliphatic carbocycles. The summed E-state index contributed by atoms with van der Waals surface area (Å²) in [6, 6.07) is 10.9. The number of anilines is 1. The Labute approximate surface area is 184 Å². The number of halogens is 1. The fourth-order valence-electron chi connectivity index (χ4n) is 3.68. The molecule has 0 saturated heterocycles. The summed E-state index contributed by atoms with van der Waals surface area (Å²) in [7, 11) is 1.56. The van der Waals surface area contributed by atoms with Crippen LogP contribution in [0.2, 0.25) is 0 Å². The number of hydrogen-bond donors (Lipinski definition) is 2. The highest BCUT2D eigenvalue weighted by Gasteiger charge is 2.29. The Morgan fingerprint density at radius 1 is 1.22 bits per heavy atom. The van der Waals surface area contributed by atoms with E-state index in [2.05, 4.69) is 20.9 Å². The van der Waals surface area contributed by atoms with Gasteiger partial charge in [-0.1, -0.05) is 6.07 Å². The molecule has 0 fully saturated rings. The van der Waals surface area contributed by atoms with Gasteiger partial charge in [0.25, 0.3) is 11.8 Å². The predicted octanol–water partition coefficient (Wildman–Crippen LogP) is 3.39. The van der Waals surface area contributed by atoms with E-state index in [4.69, 9.17) is 9.47 Å². The Bertz CT molecular complexity index is 1080. The van der Waals surface area contributed by atoms with E-state index >= 15 is 0 Å². The molecule has 2 aliphatic heterocycles. The lowest BCUT2D eigenvalue weighted by Gasteiger charge is -2.27. The van der Waals surface area contributed by atoms with Gasteiger partial charge in [0.1, 0.15) is 23.4 Å². The number of nitrogens with one attached hydrogen (secondary N) is 2. The van der Waals surface area contributed by atoms with Crippen LogP contribution in [0.3, 0.4) is 0 Å². The highest BCUT2D eigenvalue weighted by atomic mass is 19.1. The van der Waals surface area contributed by atoms with Crippen LogP contribution in [0.5, 0.6) is 11.5 Å². The number of carbonyl (C=O) groups excluding carboxylic acids is 2. The zero-order valence-electron chi connectivity index (χ0n) is 17.6. The Hall–Kier alpha value is -3.75. The Kier molecular flexibility index (Phi) is 6.44. The van der Waals surface area contributed by atoms with E-state index in [-0.39, 0.29) is 24.2 Å². The molecule has 0 aromatic heterocycles. The monoisotopic (exact) mass is 438 g/mol. The van der Waals surface area contributed by atoms with E-state index < -0.39 is 11.7 Å². The van der Waals surface area contributed by atoms with Crippen LogP contribution < -0.4 is 20.1 Å². The Balaban J connectivity index is 1.40. The van der Waals surface area contributed by atoms with Gasteiger partial charge in [0.2, 0.25) is 0 Å². The second-order valence-corrected chi connectivity index (χ2v) is 7.49. The molecule has 4 rings (SSSR count). The molecule has 0 saturated carbocycles. The topological polar surface area (TPSA) is 101 Å². The second-order valence-electron chi connectivity index (χ2n) is 7.49. The molecule has 2 N–H and O–H groups in total. The van der Waals surface area contributed by atoms with Crippen molar-refractivity contribution in [2.45, 2.75) is 25.3 Å². The lowest BCUT2D eigenvalue weighted by Crippen LogP contribution is -2.34. The summed E-state index contributed by atoms with van der Waals surface area (Å²) >= 11 is 0. The zero-order chi connectivity index (χ0) is 22.5. The van der Waals surface area contributed by atoms with Crippen molar-refractivity contribution in [1.82, 2.24) is 5.32 Å². The van der Waals surface area contributed by atoms with Gasteiger partial charge in [-0.3, -0.25) is 9.59 Å². The molecule has 0 spiro atoms. The van der Waals surface area contributed by atoms with Gasteiger partial charge in [-0.25, -0.2) is 4.39 Å². The summed E-state index contributed by atoms with van der Waals surface area (Å²) in [6.45, 7) is 0.506. The van der Waals surface area contributed by atoms with Gasteiger partial charge in [-0.2, -0.15) is 5.11 Å². The van der Waals surface area contributed by atoms with Crippen LogP contribution in [0.4, 0.5) is 10.1 Å². The number of benzene rings is 2. The van der Waals surface area contributed by atoms with Gasteiger partial charge >= 0.3 is 0 Å².